The van der Waals surface area contributed by atoms with Gasteiger partial charge in [-0.25, -0.2) is 4.39 Å². The molecule has 0 bridgehead atoms. The van der Waals surface area contributed by atoms with Crippen molar-refractivity contribution < 1.29 is 18.7 Å². The molecule has 0 atom stereocenters. The maximum atomic E-state index is 13.3. The van der Waals surface area contributed by atoms with Crippen molar-refractivity contribution in [3.8, 4) is 5.75 Å². The number of Topliss-reactive ketones (excluding diaryl/α,β-unsaturated/α-hetero) is 1. The third kappa shape index (κ3) is 5.83. The lowest BCUT2D eigenvalue weighted by molar-refractivity contribution is -0.121. The minimum absolute atomic E-state index is 0.0336. The van der Waals surface area contributed by atoms with Gasteiger partial charge >= 0.3 is 0 Å². The van der Waals surface area contributed by atoms with E-state index in [9.17, 15) is 14.0 Å². The highest BCUT2D eigenvalue weighted by Crippen LogP contribution is 2.14. The summed E-state index contributed by atoms with van der Waals surface area (Å²) in [7, 11) is 0. The third-order valence-electron chi connectivity index (χ3n) is 3.42. The molecule has 0 fully saturated rings. The molecule has 126 valence electrons. The molecule has 0 aliphatic carbocycles. The molecule has 0 heterocycles. The van der Waals surface area contributed by atoms with E-state index in [1.807, 2.05) is 18.2 Å². The van der Waals surface area contributed by atoms with Crippen molar-refractivity contribution in [3.63, 3.8) is 0 Å². The molecule has 0 radical (unpaired) electrons. The third-order valence-corrected chi connectivity index (χ3v) is 3.42. The van der Waals surface area contributed by atoms with Crippen LogP contribution in [0.4, 0.5) is 4.39 Å². The van der Waals surface area contributed by atoms with Crippen LogP contribution in [-0.4, -0.2) is 24.8 Å². The molecule has 1 N–H and O–H groups in total. The van der Waals surface area contributed by atoms with Gasteiger partial charge in [0.05, 0.1) is 6.54 Å². The first-order valence-corrected chi connectivity index (χ1v) is 7.89. The average Bonchev–Trinajstić information content (AvgIpc) is 2.61. The summed E-state index contributed by atoms with van der Waals surface area (Å²) in [6.45, 7) is 0.482. The standard InChI is InChI=1S/C19H20FNO3/c20-16-9-4-5-11-18(16)24-14-13-21-19(23)12-6-10-17(22)15-7-2-1-3-8-15/h1-5,7-9,11H,6,10,12-14H2,(H,21,23). The lowest BCUT2D eigenvalue weighted by atomic mass is 10.1. The zero-order chi connectivity index (χ0) is 17.2. The van der Waals surface area contributed by atoms with Crippen LogP contribution >= 0.6 is 0 Å². The molecule has 0 aliphatic heterocycles. The number of ketones is 1. The Morgan fingerprint density at radius 2 is 1.67 bits per heavy atom. The fourth-order valence-corrected chi connectivity index (χ4v) is 2.18. The van der Waals surface area contributed by atoms with E-state index in [0.29, 0.717) is 24.9 Å². The highest BCUT2D eigenvalue weighted by molar-refractivity contribution is 5.96. The monoisotopic (exact) mass is 329 g/mol. The van der Waals surface area contributed by atoms with Gasteiger partial charge in [-0.05, 0) is 18.6 Å². The lowest BCUT2D eigenvalue weighted by Crippen LogP contribution is -2.28. The van der Waals surface area contributed by atoms with Crippen LogP contribution in [0, 0.1) is 5.82 Å². The van der Waals surface area contributed by atoms with Crippen molar-refractivity contribution in [1.82, 2.24) is 5.32 Å². The molecule has 0 aromatic heterocycles. The zero-order valence-electron chi connectivity index (χ0n) is 13.3. The maximum absolute atomic E-state index is 13.3. The lowest BCUT2D eigenvalue weighted by Gasteiger charge is -2.08. The molecule has 2 aromatic carbocycles. The molecule has 24 heavy (non-hydrogen) atoms. The first-order valence-electron chi connectivity index (χ1n) is 7.89. The molecule has 0 unspecified atom stereocenters. The number of para-hydroxylation sites is 1. The number of halogens is 1. The van der Waals surface area contributed by atoms with E-state index in [1.165, 1.54) is 12.1 Å². The molecule has 0 saturated carbocycles. The van der Waals surface area contributed by atoms with Gasteiger partial charge < -0.3 is 10.1 Å². The Morgan fingerprint density at radius 3 is 2.42 bits per heavy atom. The summed E-state index contributed by atoms with van der Waals surface area (Å²) in [5.74, 6) is -0.372. The van der Waals surface area contributed by atoms with Gasteiger partial charge in [0.1, 0.15) is 6.61 Å². The molecular weight excluding hydrogens is 309 g/mol. The quantitative estimate of drug-likeness (QED) is 0.567. The molecule has 2 rings (SSSR count). The number of hydrogen-bond donors (Lipinski definition) is 1. The van der Waals surface area contributed by atoms with Crippen LogP contribution in [0.5, 0.6) is 5.75 Å². The molecule has 0 spiro atoms. The normalized spacial score (nSPS) is 10.2. The number of carbonyl (C=O) groups is 2. The molecule has 0 aliphatic rings. The number of hydrogen-bond acceptors (Lipinski definition) is 3. The summed E-state index contributed by atoms with van der Waals surface area (Å²) in [6, 6.07) is 15.1. The Labute approximate surface area is 140 Å². The van der Waals surface area contributed by atoms with Gasteiger partial charge in [0.25, 0.3) is 0 Å². The number of rotatable bonds is 9. The van der Waals surface area contributed by atoms with Gasteiger partial charge in [0.15, 0.2) is 17.3 Å². The summed E-state index contributed by atoms with van der Waals surface area (Å²) >= 11 is 0. The number of benzene rings is 2. The van der Waals surface area contributed by atoms with E-state index in [-0.39, 0.29) is 30.5 Å². The van der Waals surface area contributed by atoms with Gasteiger partial charge in [-0.3, -0.25) is 9.59 Å². The predicted molar refractivity (Wildman–Crippen MR) is 89.5 cm³/mol. The van der Waals surface area contributed by atoms with Crippen LogP contribution in [0.2, 0.25) is 0 Å². The summed E-state index contributed by atoms with van der Waals surface area (Å²) in [6.07, 6.45) is 1.11. The Morgan fingerprint density at radius 1 is 0.958 bits per heavy atom. The van der Waals surface area contributed by atoms with Crippen molar-refractivity contribution in [2.75, 3.05) is 13.2 Å². The second-order valence-corrected chi connectivity index (χ2v) is 5.27. The van der Waals surface area contributed by atoms with E-state index >= 15 is 0 Å². The summed E-state index contributed by atoms with van der Waals surface area (Å²) in [4.78, 5) is 23.6. The maximum Gasteiger partial charge on any atom is 0.220 e. The van der Waals surface area contributed by atoms with Crippen LogP contribution < -0.4 is 10.1 Å². The Bertz CT molecular complexity index is 673. The second kappa shape index (κ2) is 9.45. The van der Waals surface area contributed by atoms with Gasteiger partial charge in [0.2, 0.25) is 5.91 Å². The Hall–Kier alpha value is -2.69. The van der Waals surface area contributed by atoms with Crippen LogP contribution in [0.25, 0.3) is 0 Å². The first kappa shape index (κ1) is 17.7. The second-order valence-electron chi connectivity index (χ2n) is 5.27. The van der Waals surface area contributed by atoms with E-state index < -0.39 is 5.82 Å². The van der Waals surface area contributed by atoms with Gasteiger partial charge in [-0.1, -0.05) is 42.5 Å². The topological polar surface area (TPSA) is 55.4 Å². The molecule has 4 nitrogen and oxygen atoms in total. The average molecular weight is 329 g/mol. The summed E-state index contributed by atoms with van der Waals surface area (Å²) < 4.78 is 18.6. The molecule has 1 amide bonds. The number of amides is 1. The first-order chi connectivity index (χ1) is 11.7. The minimum atomic E-state index is -0.428. The van der Waals surface area contributed by atoms with E-state index in [4.69, 9.17) is 4.74 Å². The molecule has 0 saturated heterocycles. The van der Waals surface area contributed by atoms with Gasteiger partial charge in [-0.15, -0.1) is 0 Å². The van der Waals surface area contributed by atoms with Crippen LogP contribution in [-0.2, 0) is 4.79 Å². The van der Waals surface area contributed by atoms with Crippen LogP contribution in [0.3, 0.4) is 0 Å². The smallest absolute Gasteiger partial charge is 0.220 e. The number of ether oxygens (including phenoxy) is 1. The van der Waals surface area contributed by atoms with E-state index in [1.54, 1.807) is 24.3 Å². The Kier molecular flexibility index (Phi) is 6.95. The SMILES string of the molecule is O=C(CCCC(=O)c1ccccc1)NCCOc1ccccc1F. The van der Waals surface area contributed by atoms with Crippen molar-refractivity contribution in [2.24, 2.45) is 0 Å². The fraction of sp³-hybridized carbons (Fsp3) is 0.263. The Balaban J connectivity index is 1.59. The van der Waals surface area contributed by atoms with E-state index in [2.05, 4.69) is 5.32 Å². The van der Waals surface area contributed by atoms with Gasteiger partial charge in [-0.2, -0.15) is 0 Å². The fourth-order valence-electron chi connectivity index (χ4n) is 2.18. The van der Waals surface area contributed by atoms with E-state index in [0.717, 1.165) is 0 Å². The summed E-state index contributed by atoms with van der Waals surface area (Å²) in [5.41, 5.74) is 0.663. The zero-order valence-corrected chi connectivity index (χ0v) is 13.3. The van der Waals surface area contributed by atoms with Crippen molar-refractivity contribution in [3.05, 3.63) is 66.0 Å². The largest absolute Gasteiger partial charge is 0.489 e. The number of carbonyl (C=O) groups excluding carboxylic acids is 2. The van der Waals surface area contributed by atoms with Crippen molar-refractivity contribution >= 4 is 11.7 Å². The number of nitrogens with one attached hydrogen (secondary N) is 1. The van der Waals surface area contributed by atoms with Crippen LogP contribution in [0.1, 0.15) is 29.6 Å². The van der Waals surface area contributed by atoms with Crippen molar-refractivity contribution in [1.29, 1.82) is 0 Å². The van der Waals surface area contributed by atoms with Crippen LogP contribution in [0.15, 0.2) is 54.6 Å². The molecule has 5 heteroatoms. The van der Waals surface area contributed by atoms with Gasteiger partial charge in [0, 0.05) is 18.4 Å². The molecular formula is C19H20FNO3. The van der Waals surface area contributed by atoms with Crippen molar-refractivity contribution in [2.45, 2.75) is 19.3 Å². The molecule has 2 aromatic rings. The highest BCUT2D eigenvalue weighted by Gasteiger charge is 2.07. The predicted octanol–water partition coefficient (Wildman–Crippen LogP) is 3.37. The highest BCUT2D eigenvalue weighted by atomic mass is 19.1. The minimum Gasteiger partial charge on any atom is -0.489 e. The summed E-state index contributed by atoms with van der Waals surface area (Å²) in [5, 5.41) is 2.69.